The molecule has 0 rings (SSSR count). The summed E-state index contributed by atoms with van der Waals surface area (Å²) in [5.41, 5.74) is -1.45. The smallest absolute Gasteiger partial charge is 0.333 e. The minimum atomic E-state index is -4.29. The van der Waals surface area contributed by atoms with Gasteiger partial charge in [0.1, 0.15) is 18.6 Å². The van der Waals surface area contributed by atoms with Gasteiger partial charge in [0, 0.05) is 11.1 Å². The second-order valence-corrected chi connectivity index (χ2v) is 7.49. The lowest BCUT2D eigenvalue weighted by molar-refractivity contribution is -0.169. The van der Waals surface area contributed by atoms with Gasteiger partial charge in [-0.2, -0.15) is 18.6 Å². The van der Waals surface area contributed by atoms with Crippen molar-refractivity contribution in [3.05, 3.63) is 24.3 Å². The Morgan fingerprint density at radius 3 is 1.74 bits per heavy atom. The molecular formula is C16H25NO9S. The first-order chi connectivity index (χ1) is 12.4. The lowest BCUT2D eigenvalue weighted by Crippen LogP contribution is -2.43. The van der Waals surface area contributed by atoms with Crippen LogP contribution in [0.4, 0.5) is 0 Å². The first kappa shape index (κ1) is 24.8. The van der Waals surface area contributed by atoms with Crippen LogP contribution in [0.5, 0.6) is 0 Å². The van der Waals surface area contributed by atoms with Gasteiger partial charge in [0.25, 0.3) is 0 Å². The molecule has 11 heteroatoms. The highest BCUT2D eigenvalue weighted by molar-refractivity contribution is 7.86. The van der Waals surface area contributed by atoms with Crippen molar-refractivity contribution in [2.24, 2.45) is 11.3 Å². The summed E-state index contributed by atoms with van der Waals surface area (Å²) in [4.78, 5) is 36.0. The molecule has 0 aliphatic rings. The number of ether oxygens (including phenoxy) is 3. The van der Waals surface area contributed by atoms with Crippen molar-refractivity contribution in [1.82, 2.24) is 0 Å². The number of hydrogen-bond donors (Lipinski definition) is 1. The van der Waals surface area contributed by atoms with E-state index in [1.54, 1.807) is 6.92 Å². The molecule has 0 aromatic carbocycles. The normalized spacial score (nSPS) is 11.4. The van der Waals surface area contributed by atoms with E-state index in [9.17, 15) is 22.8 Å². The van der Waals surface area contributed by atoms with E-state index < -0.39 is 52.6 Å². The number of hydrogen-bond acceptors (Lipinski definition) is 10. The number of nitrogens with two attached hydrogens (primary N) is 1. The fourth-order valence-corrected chi connectivity index (χ4v) is 2.15. The molecule has 0 spiro atoms. The number of rotatable bonds is 12. The Bertz CT molecular complexity index is 667. The molecule has 0 saturated heterocycles. The van der Waals surface area contributed by atoms with E-state index in [1.165, 1.54) is 13.8 Å². The Hall–Kier alpha value is -2.24. The van der Waals surface area contributed by atoms with Crippen LogP contribution in [0.25, 0.3) is 0 Å². The van der Waals surface area contributed by atoms with E-state index in [1.807, 2.05) is 0 Å². The molecule has 27 heavy (non-hydrogen) atoms. The highest BCUT2D eigenvalue weighted by atomic mass is 32.2. The molecule has 154 valence electrons. The highest BCUT2D eigenvalue weighted by Gasteiger charge is 2.43. The SMILES string of the molecule is C=C(C)C(=O)OCC(CCC)(COC(=O)C(=C)C)C(=O)OCS(=O)(=O)ON. The second-order valence-electron chi connectivity index (χ2n) is 5.95. The van der Waals surface area contributed by atoms with Crippen LogP contribution in [-0.2, 0) is 43.0 Å². The Morgan fingerprint density at radius 2 is 1.41 bits per heavy atom. The number of esters is 3. The summed E-state index contributed by atoms with van der Waals surface area (Å²) in [5, 5.41) is 0. The van der Waals surface area contributed by atoms with Crippen molar-refractivity contribution >= 4 is 28.0 Å². The summed E-state index contributed by atoms with van der Waals surface area (Å²) >= 11 is 0. The van der Waals surface area contributed by atoms with E-state index in [0.717, 1.165) is 0 Å². The predicted octanol–water partition coefficient (Wildman–Crippen LogP) is 0.732. The summed E-state index contributed by atoms with van der Waals surface area (Å²) in [6.45, 7) is 10.4. The summed E-state index contributed by atoms with van der Waals surface area (Å²) < 4.78 is 41.1. The maximum atomic E-state index is 12.6. The standard InChI is InChI=1S/C16H25NO9S/c1-6-7-16(8-23-13(18)11(2)3,9-24-14(19)12(4)5)15(20)25-10-27(21,22)26-17/h2,4,6-10,17H2,1,3,5H3. The fraction of sp³-hybridized carbons (Fsp3) is 0.562. The third-order valence-corrected chi connectivity index (χ3v) is 4.00. The van der Waals surface area contributed by atoms with Crippen molar-refractivity contribution < 1.29 is 41.3 Å². The van der Waals surface area contributed by atoms with E-state index in [-0.39, 0.29) is 17.6 Å². The molecule has 10 nitrogen and oxygen atoms in total. The first-order valence-corrected chi connectivity index (χ1v) is 9.42. The third kappa shape index (κ3) is 8.33. The zero-order valence-corrected chi connectivity index (χ0v) is 16.4. The van der Waals surface area contributed by atoms with E-state index in [2.05, 4.69) is 23.3 Å². The molecule has 2 N–H and O–H groups in total. The van der Waals surface area contributed by atoms with Gasteiger partial charge in [0.05, 0.1) is 0 Å². The van der Waals surface area contributed by atoms with Crippen LogP contribution in [0.1, 0.15) is 33.6 Å². The quantitative estimate of drug-likeness (QED) is 0.212. The average Bonchev–Trinajstić information content (AvgIpc) is 2.61. The minimum Gasteiger partial charge on any atom is -0.461 e. The predicted molar refractivity (Wildman–Crippen MR) is 94.0 cm³/mol. The van der Waals surface area contributed by atoms with Crippen LogP contribution in [0.15, 0.2) is 24.3 Å². The van der Waals surface area contributed by atoms with Gasteiger partial charge in [-0.05, 0) is 20.3 Å². The summed E-state index contributed by atoms with van der Waals surface area (Å²) in [7, 11) is -4.29. The van der Waals surface area contributed by atoms with Crippen molar-refractivity contribution in [2.75, 3.05) is 19.2 Å². The average molecular weight is 407 g/mol. The molecule has 0 aromatic rings. The highest BCUT2D eigenvalue weighted by Crippen LogP contribution is 2.28. The van der Waals surface area contributed by atoms with Crippen LogP contribution in [0.2, 0.25) is 0 Å². The van der Waals surface area contributed by atoms with Gasteiger partial charge in [-0.25, -0.2) is 9.59 Å². The second kappa shape index (κ2) is 10.8. The van der Waals surface area contributed by atoms with Gasteiger partial charge < -0.3 is 14.2 Å². The van der Waals surface area contributed by atoms with Gasteiger partial charge in [-0.3, -0.25) is 4.79 Å². The monoisotopic (exact) mass is 407 g/mol. The lowest BCUT2D eigenvalue weighted by atomic mass is 9.85. The van der Waals surface area contributed by atoms with Crippen LogP contribution in [-0.4, -0.2) is 45.5 Å². The van der Waals surface area contributed by atoms with E-state index in [0.29, 0.717) is 6.42 Å². The van der Waals surface area contributed by atoms with Crippen LogP contribution in [0, 0.1) is 5.41 Å². The molecular weight excluding hydrogens is 382 g/mol. The molecule has 0 aliphatic heterocycles. The maximum absolute atomic E-state index is 12.6. The van der Waals surface area contributed by atoms with Gasteiger partial charge >= 0.3 is 28.0 Å². The summed E-state index contributed by atoms with van der Waals surface area (Å²) in [6, 6.07) is 0. The first-order valence-electron chi connectivity index (χ1n) is 7.84. The molecule has 0 bridgehead atoms. The summed E-state index contributed by atoms with van der Waals surface area (Å²) in [6.07, 6.45) is 0.479. The molecule has 0 aliphatic carbocycles. The van der Waals surface area contributed by atoms with Crippen LogP contribution >= 0.6 is 0 Å². The molecule has 0 heterocycles. The van der Waals surface area contributed by atoms with Gasteiger partial charge in [0.2, 0.25) is 5.94 Å². The number of carbonyl (C=O) groups is 3. The maximum Gasteiger partial charge on any atom is 0.333 e. The zero-order chi connectivity index (χ0) is 21.3. The van der Waals surface area contributed by atoms with Crippen molar-refractivity contribution in [2.45, 2.75) is 33.6 Å². The Labute approximate surface area is 158 Å². The zero-order valence-electron chi connectivity index (χ0n) is 15.6. The molecule has 0 saturated carbocycles. The van der Waals surface area contributed by atoms with Crippen molar-refractivity contribution in [3.63, 3.8) is 0 Å². The van der Waals surface area contributed by atoms with Crippen LogP contribution in [0.3, 0.4) is 0 Å². The lowest BCUT2D eigenvalue weighted by Gasteiger charge is -2.30. The fourth-order valence-electron chi connectivity index (χ4n) is 1.84. The van der Waals surface area contributed by atoms with Gasteiger partial charge in [-0.1, -0.05) is 26.5 Å². The van der Waals surface area contributed by atoms with Gasteiger partial charge in [0.15, 0.2) is 0 Å². The Kier molecular flexibility index (Phi) is 9.90. The Balaban J connectivity index is 5.57. The van der Waals surface area contributed by atoms with E-state index >= 15 is 0 Å². The van der Waals surface area contributed by atoms with E-state index in [4.69, 9.17) is 14.2 Å². The molecule has 0 atom stereocenters. The molecule has 0 fully saturated rings. The van der Waals surface area contributed by atoms with Crippen molar-refractivity contribution in [3.8, 4) is 0 Å². The van der Waals surface area contributed by atoms with Crippen LogP contribution < -0.4 is 5.90 Å². The molecule has 0 radical (unpaired) electrons. The minimum absolute atomic E-state index is 0.0717. The Morgan fingerprint density at radius 1 is 0.963 bits per heavy atom. The summed E-state index contributed by atoms with van der Waals surface area (Å²) in [5.74, 6) is 0.827. The topological polar surface area (TPSA) is 148 Å². The molecule has 0 aromatic heterocycles. The largest absolute Gasteiger partial charge is 0.461 e. The van der Waals surface area contributed by atoms with Gasteiger partial charge in [-0.15, -0.1) is 0 Å². The molecule has 0 amide bonds. The molecule has 0 unspecified atom stereocenters. The number of carbonyl (C=O) groups excluding carboxylic acids is 3. The van der Waals surface area contributed by atoms with Crippen molar-refractivity contribution in [1.29, 1.82) is 0 Å². The third-order valence-electron chi connectivity index (χ3n) is 3.30.